The van der Waals surface area contributed by atoms with Gasteiger partial charge in [-0.2, -0.15) is 5.10 Å². The van der Waals surface area contributed by atoms with E-state index in [1.165, 1.54) is 5.69 Å². The lowest BCUT2D eigenvalue weighted by Gasteiger charge is -2.12. The van der Waals surface area contributed by atoms with Crippen LogP contribution < -0.4 is 10.6 Å². The molecule has 84 valence electrons. The highest BCUT2D eigenvalue weighted by atomic mass is 15.3. The number of aryl methyl sites for hydroxylation is 1. The predicted octanol–water partition coefficient (Wildman–Crippen LogP) is 1.74. The minimum Gasteiger partial charge on any atom is -0.396 e. The van der Waals surface area contributed by atoms with Gasteiger partial charge in [0, 0.05) is 32.4 Å². The van der Waals surface area contributed by atoms with E-state index in [0.29, 0.717) is 5.69 Å². The second-order valence-corrected chi connectivity index (χ2v) is 4.01. The Kier molecular flexibility index (Phi) is 2.56. The molecule has 2 rings (SSSR count). The summed E-state index contributed by atoms with van der Waals surface area (Å²) in [6.07, 6.45) is 1.68. The van der Waals surface area contributed by atoms with Crippen LogP contribution in [0.25, 0.3) is 11.3 Å². The monoisotopic (exact) mass is 216 g/mol. The van der Waals surface area contributed by atoms with Crippen molar-refractivity contribution in [3.63, 3.8) is 0 Å². The van der Waals surface area contributed by atoms with Crippen molar-refractivity contribution in [3.8, 4) is 11.3 Å². The van der Waals surface area contributed by atoms with Crippen molar-refractivity contribution in [1.29, 1.82) is 0 Å². The molecule has 16 heavy (non-hydrogen) atoms. The van der Waals surface area contributed by atoms with Crippen LogP contribution in [0.5, 0.6) is 0 Å². The standard InChI is InChI=1S/C12H16N4/c1-15(2)10-6-4-9(5-7-10)12-11(13)8-14-16(12)3/h4-8H,13H2,1-3H3. The fourth-order valence-electron chi connectivity index (χ4n) is 1.73. The van der Waals surface area contributed by atoms with Gasteiger partial charge in [0.2, 0.25) is 0 Å². The van der Waals surface area contributed by atoms with E-state index < -0.39 is 0 Å². The van der Waals surface area contributed by atoms with Crippen LogP contribution in [-0.2, 0) is 7.05 Å². The molecule has 4 heteroatoms. The topological polar surface area (TPSA) is 47.1 Å². The second kappa shape index (κ2) is 3.89. The van der Waals surface area contributed by atoms with E-state index >= 15 is 0 Å². The third kappa shape index (κ3) is 1.74. The number of benzene rings is 1. The summed E-state index contributed by atoms with van der Waals surface area (Å²) < 4.78 is 1.79. The molecule has 0 aliphatic rings. The molecule has 1 aromatic carbocycles. The molecule has 0 atom stereocenters. The normalized spacial score (nSPS) is 10.4. The second-order valence-electron chi connectivity index (χ2n) is 4.01. The lowest BCUT2D eigenvalue weighted by Crippen LogP contribution is -2.08. The molecule has 0 spiro atoms. The Bertz CT molecular complexity index is 463. The Balaban J connectivity index is 2.42. The van der Waals surface area contributed by atoms with E-state index in [9.17, 15) is 0 Å². The summed E-state index contributed by atoms with van der Waals surface area (Å²) in [5, 5.41) is 4.13. The van der Waals surface area contributed by atoms with Gasteiger partial charge < -0.3 is 10.6 Å². The number of rotatable bonds is 2. The molecule has 0 bridgehead atoms. The van der Waals surface area contributed by atoms with Crippen molar-refractivity contribution in [2.45, 2.75) is 0 Å². The number of aromatic nitrogens is 2. The summed E-state index contributed by atoms with van der Waals surface area (Å²) in [5.74, 6) is 0. The minimum atomic E-state index is 0.708. The van der Waals surface area contributed by atoms with Crippen LogP contribution in [0.4, 0.5) is 11.4 Å². The van der Waals surface area contributed by atoms with Crippen molar-refractivity contribution >= 4 is 11.4 Å². The number of nitrogen functional groups attached to an aromatic ring is 1. The van der Waals surface area contributed by atoms with Crippen molar-refractivity contribution in [3.05, 3.63) is 30.5 Å². The highest BCUT2D eigenvalue weighted by Gasteiger charge is 2.07. The van der Waals surface area contributed by atoms with Crippen molar-refractivity contribution in [2.24, 2.45) is 7.05 Å². The van der Waals surface area contributed by atoms with Gasteiger partial charge in [-0.15, -0.1) is 0 Å². The van der Waals surface area contributed by atoms with Crippen LogP contribution in [-0.4, -0.2) is 23.9 Å². The number of nitrogens with zero attached hydrogens (tertiary/aromatic N) is 3. The maximum Gasteiger partial charge on any atom is 0.0908 e. The molecule has 0 aliphatic carbocycles. The zero-order valence-electron chi connectivity index (χ0n) is 9.81. The van der Waals surface area contributed by atoms with Gasteiger partial charge >= 0.3 is 0 Å². The maximum atomic E-state index is 5.88. The first kappa shape index (κ1) is 10.5. The Morgan fingerprint density at radius 1 is 1.19 bits per heavy atom. The van der Waals surface area contributed by atoms with Gasteiger partial charge in [0.15, 0.2) is 0 Å². The summed E-state index contributed by atoms with van der Waals surface area (Å²) >= 11 is 0. The largest absolute Gasteiger partial charge is 0.396 e. The summed E-state index contributed by atoms with van der Waals surface area (Å²) in [6, 6.07) is 8.26. The number of anilines is 2. The molecule has 0 radical (unpaired) electrons. The molecule has 0 aliphatic heterocycles. The lowest BCUT2D eigenvalue weighted by atomic mass is 10.1. The van der Waals surface area contributed by atoms with Gasteiger partial charge in [-0.25, -0.2) is 0 Å². The molecular formula is C12H16N4. The van der Waals surface area contributed by atoms with Crippen LogP contribution in [0, 0.1) is 0 Å². The minimum absolute atomic E-state index is 0.708. The number of hydrogen-bond donors (Lipinski definition) is 1. The summed E-state index contributed by atoms with van der Waals surface area (Å²) in [6.45, 7) is 0. The smallest absolute Gasteiger partial charge is 0.0908 e. The van der Waals surface area contributed by atoms with E-state index in [1.54, 1.807) is 10.9 Å². The van der Waals surface area contributed by atoms with Crippen molar-refractivity contribution in [2.75, 3.05) is 24.7 Å². The molecule has 0 saturated carbocycles. The van der Waals surface area contributed by atoms with Gasteiger partial charge in [0.25, 0.3) is 0 Å². The van der Waals surface area contributed by atoms with E-state index in [4.69, 9.17) is 5.73 Å². The molecule has 0 saturated heterocycles. The highest BCUT2D eigenvalue weighted by Crippen LogP contribution is 2.26. The third-order valence-electron chi connectivity index (χ3n) is 2.62. The molecule has 2 aromatic rings. The Morgan fingerprint density at radius 2 is 1.81 bits per heavy atom. The third-order valence-corrected chi connectivity index (χ3v) is 2.62. The van der Waals surface area contributed by atoms with Gasteiger partial charge in [0.1, 0.15) is 0 Å². The van der Waals surface area contributed by atoms with Gasteiger partial charge in [-0.1, -0.05) is 12.1 Å². The molecule has 0 amide bonds. The number of hydrogen-bond acceptors (Lipinski definition) is 3. The molecule has 4 nitrogen and oxygen atoms in total. The SMILES string of the molecule is CN(C)c1ccc(-c2c(N)cnn2C)cc1. The van der Waals surface area contributed by atoms with Gasteiger partial charge in [-0.05, 0) is 12.1 Å². The van der Waals surface area contributed by atoms with Crippen molar-refractivity contribution < 1.29 is 0 Å². The summed E-state index contributed by atoms with van der Waals surface area (Å²) in [4.78, 5) is 2.07. The van der Waals surface area contributed by atoms with E-state index in [1.807, 2.05) is 21.1 Å². The fourth-order valence-corrected chi connectivity index (χ4v) is 1.73. The van der Waals surface area contributed by atoms with Crippen LogP contribution in [0.3, 0.4) is 0 Å². The average Bonchev–Trinajstić information content (AvgIpc) is 2.59. The summed E-state index contributed by atoms with van der Waals surface area (Å²) in [7, 11) is 5.94. The molecule has 0 unspecified atom stereocenters. The Hall–Kier alpha value is -1.97. The van der Waals surface area contributed by atoms with E-state index in [0.717, 1.165) is 11.3 Å². The summed E-state index contributed by atoms with van der Waals surface area (Å²) in [5.41, 5.74) is 9.81. The molecule has 1 aromatic heterocycles. The van der Waals surface area contributed by atoms with Gasteiger partial charge in [-0.3, -0.25) is 4.68 Å². The first-order valence-corrected chi connectivity index (χ1v) is 5.15. The van der Waals surface area contributed by atoms with Crippen LogP contribution >= 0.6 is 0 Å². The predicted molar refractivity (Wildman–Crippen MR) is 67.4 cm³/mol. The first-order chi connectivity index (χ1) is 7.59. The molecule has 2 N–H and O–H groups in total. The first-order valence-electron chi connectivity index (χ1n) is 5.15. The van der Waals surface area contributed by atoms with Crippen LogP contribution in [0.2, 0.25) is 0 Å². The van der Waals surface area contributed by atoms with E-state index in [2.05, 4.69) is 34.3 Å². The zero-order valence-corrected chi connectivity index (χ0v) is 9.81. The van der Waals surface area contributed by atoms with E-state index in [-0.39, 0.29) is 0 Å². The fraction of sp³-hybridized carbons (Fsp3) is 0.250. The quantitative estimate of drug-likeness (QED) is 0.831. The van der Waals surface area contributed by atoms with Crippen LogP contribution in [0.15, 0.2) is 30.5 Å². The Morgan fingerprint density at radius 3 is 2.25 bits per heavy atom. The molecule has 1 heterocycles. The van der Waals surface area contributed by atoms with Gasteiger partial charge in [0.05, 0.1) is 17.6 Å². The zero-order chi connectivity index (χ0) is 11.7. The highest BCUT2D eigenvalue weighted by molar-refractivity contribution is 5.73. The lowest BCUT2D eigenvalue weighted by molar-refractivity contribution is 0.776. The Labute approximate surface area is 95.3 Å². The molecular weight excluding hydrogens is 200 g/mol. The van der Waals surface area contributed by atoms with Crippen molar-refractivity contribution in [1.82, 2.24) is 9.78 Å². The number of nitrogens with two attached hydrogens (primary N) is 1. The molecule has 0 fully saturated rings. The van der Waals surface area contributed by atoms with Crippen LogP contribution in [0.1, 0.15) is 0 Å². The average molecular weight is 216 g/mol. The maximum absolute atomic E-state index is 5.88.